The standard InChI is InChI=1S/C21H24ClN3O4/c1-24(13-20(26)23-17-6-4-16(22)5-7-17)14-21(27)25(2)12-15-3-8-18-19(11-15)29-10-9-28-18/h3-8,11H,9-10,12-14H2,1-2H3,(H,23,26)/p+1. The van der Waals surface area contributed by atoms with Crippen LogP contribution in [0.5, 0.6) is 11.5 Å². The summed E-state index contributed by atoms with van der Waals surface area (Å²) in [5.74, 6) is 1.23. The Morgan fingerprint density at radius 3 is 2.48 bits per heavy atom. The van der Waals surface area contributed by atoms with Gasteiger partial charge >= 0.3 is 0 Å². The van der Waals surface area contributed by atoms with Crippen LogP contribution < -0.4 is 19.7 Å². The van der Waals surface area contributed by atoms with Crippen molar-refractivity contribution in [2.75, 3.05) is 45.7 Å². The summed E-state index contributed by atoms with van der Waals surface area (Å²) in [6.07, 6.45) is 0. The lowest BCUT2D eigenvalue weighted by atomic mass is 10.2. The highest BCUT2D eigenvalue weighted by atomic mass is 35.5. The van der Waals surface area contributed by atoms with Crippen molar-refractivity contribution >= 4 is 29.1 Å². The maximum atomic E-state index is 12.5. The van der Waals surface area contributed by atoms with Crippen molar-refractivity contribution < 1.29 is 24.0 Å². The number of benzene rings is 2. The van der Waals surface area contributed by atoms with Gasteiger partial charge in [0.2, 0.25) is 0 Å². The maximum absolute atomic E-state index is 12.5. The van der Waals surface area contributed by atoms with Crippen molar-refractivity contribution in [1.82, 2.24) is 4.90 Å². The van der Waals surface area contributed by atoms with Gasteiger partial charge in [-0.1, -0.05) is 17.7 Å². The molecule has 29 heavy (non-hydrogen) atoms. The first-order chi connectivity index (χ1) is 13.9. The second-order valence-corrected chi connectivity index (χ2v) is 7.53. The summed E-state index contributed by atoms with van der Waals surface area (Å²) in [7, 11) is 3.57. The molecule has 0 saturated carbocycles. The first-order valence-corrected chi connectivity index (χ1v) is 9.78. The first-order valence-electron chi connectivity index (χ1n) is 9.40. The summed E-state index contributed by atoms with van der Waals surface area (Å²) in [5, 5.41) is 3.41. The molecule has 0 aliphatic carbocycles. The molecule has 7 nitrogen and oxygen atoms in total. The summed E-state index contributed by atoms with van der Waals surface area (Å²) >= 11 is 5.84. The van der Waals surface area contributed by atoms with E-state index in [2.05, 4.69) is 5.32 Å². The second-order valence-electron chi connectivity index (χ2n) is 7.09. The van der Waals surface area contributed by atoms with Crippen molar-refractivity contribution in [2.45, 2.75) is 6.54 Å². The Morgan fingerprint density at radius 1 is 1.07 bits per heavy atom. The molecule has 0 fully saturated rings. The smallest absolute Gasteiger partial charge is 0.279 e. The van der Waals surface area contributed by atoms with Gasteiger partial charge in [-0.2, -0.15) is 0 Å². The average molecular weight is 419 g/mol. The number of carbonyl (C=O) groups excluding carboxylic acids is 2. The van der Waals surface area contributed by atoms with Crippen LogP contribution in [0.1, 0.15) is 5.56 Å². The fraction of sp³-hybridized carbons (Fsp3) is 0.333. The lowest BCUT2D eigenvalue weighted by Crippen LogP contribution is -3.11. The van der Waals surface area contributed by atoms with Gasteiger partial charge in [-0.05, 0) is 42.0 Å². The Bertz CT molecular complexity index is 873. The van der Waals surface area contributed by atoms with Crippen molar-refractivity contribution in [1.29, 1.82) is 0 Å². The van der Waals surface area contributed by atoms with E-state index in [0.29, 0.717) is 36.2 Å². The molecule has 0 bridgehead atoms. The maximum Gasteiger partial charge on any atom is 0.279 e. The van der Waals surface area contributed by atoms with Crippen molar-refractivity contribution in [3.63, 3.8) is 0 Å². The highest BCUT2D eigenvalue weighted by molar-refractivity contribution is 6.30. The van der Waals surface area contributed by atoms with E-state index < -0.39 is 0 Å². The van der Waals surface area contributed by atoms with Crippen molar-refractivity contribution in [3.05, 3.63) is 53.1 Å². The van der Waals surface area contributed by atoms with Crippen LogP contribution in [0, 0.1) is 0 Å². The van der Waals surface area contributed by atoms with Crippen LogP contribution in [-0.4, -0.2) is 57.1 Å². The Kier molecular flexibility index (Phi) is 6.95. The molecule has 3 rings (SSSR count). The number of nitrogens with one attached hydrogen (secondary N) is 2. The molecule has 0 spiro atoms. The van der Waals surface area contributed by atoms with E-state index in [4.69, 9.17) is 21.1 Å². The van der Waals surface area contributed by atoms with Crippen LogP contribution in [0.25, 0.3) is 0 Å². The zero-order valence-corrected chi connectivity index (χ0v) is 17.3. The molecule has 1 aliphatic rings. The topological polar surface area (TPSA) is 72.3 Å². The molecular weight excluding hydrogens is 394 g/mol. The third-order valence-corrected chi connectivity index (χ3v) is 4.75. The van der Waals surface area contributed by atoms with Gasteiger partial charge in [0.25, 0.3) is 11.8 Å². The fourth-order valence-electron chi connectivity index (χ4n) is 3.02. The van der Waals surface area contributed by atoms with E-state index in [-0.39, 0.29) is 24.9 Å². The SMILES string of the molecule is CN(Cc1ccc2c(c1)OCCO2)C(=O)C[NH+](C)CC(=O)Nc1ccc(Cl)cc1. The Balaban J connectivity index is 1.47. The molecule has 0 radical (unpaired) electrons. The van der Waals surface area contributed by atoms with Gasteiger partial charge in [-0.25, -0.2) is 0 Å². The number of anilines is 1. The molecule has 2 N–H and O–H groups in total. The van der Waals surface area contributed by atoms with Crippen molar-refractivity contribution in [2.24, 2.45) is 0 Å². The number of halogens is 1. The highest BCUT2D eigenvalue weighted by Gasteiger charge is 2.19. The summed E-state index contributed by atoms with van der Waals surface area (Å²) in [4.78, 5) is 27.1. The molecule has 2 amide bonds. The number of quaternary nitrogens is 1. The Labute approximate surface area is 175 Å². The van der Waals surface area contributed by atoms with Gasteiger partial charge in [0.15, 0.2) is 24.6 Å². The van der Waals surface area contributed by atoms with E-state index in [1.807, 2.05) is 25.2 Å². The molecule has 8 heteroatoms. The average Bonchev–Trinajstić information content (AvgIpc) is 2.69. The van der Waals surface area contributed by atoms with Gasteiger partial charge in [0.1, 0.15) is 13.2 Å². The predicted molar refractivity (Wildman–Crippen MR) is 111 cm³/mol. The zero-order chi connectivity index (χ0) is 20.8. The predicted octanol–water partition coefficient (Wildman–Crippen LogP) is 1.22. The van der Waals surface area contributed by atoms with Gasteiger partial charge < -0.3 is 24.6 Å². The van der Waals surface area contributed by atoms with Crippen LogP contribution >= 0.6 is 11.6 Å². The minimum atomic E-state index is -0.160. The summed E-state index contributed by atoms with van der Waals surface area (Å²) in [6, 6.07) is 12.6. The highest BCUT2D eigenvalue weighted by Crippen LogP contribution is 2.31. The third kappa shape index (κ3) is 6.10. The number of carbonyl (C=O) groups is 2. The normalized spacial score (nSPS) is 13.5. The number of nitrogens with zero attached hydrogens (tertiary/aromatic N) is 1. The molecule has 1 atom stereocenters. The minimum Gasteiger partial charge on any atom is -0.486 e. The van der Waals surface area contributed by atoms with E-state index >= 15 is 0 Å². The molecular formula is C21H25ClN3O4+. The molecule has 1 heterocycles. The van der Waals surface area contributed by atoms with E-state index in [1.165, 1.54) is 0 Å². The molecule has 0 saturated heterocycles. The lowest BCUT2D eigenvalue weighted by Gasteiger charge is -2.22. The van der Waals surface area contributed by atoms with E-state index in [0.717, 1.165) is 16.2 Å². The molecule has 1 unspecified atom stereocenters. The quantitative estimate of drug-likeness (QED) is 0.709. The van der Waals surface area contributed by atoms with Gasteiger partial charge in [0.05, 0.1) is 7.05 Å². The Hall–Kier alpha value is -2.77. The van der Waals surface area contributed by atoms with Crippen LogP contribution in [0.3, 0.4) is 0 Å². The lowest BCUT2D eigenvalue weighted by molar-refractivity contribution is -0.862. The number of amides is 2. The van der Waals surface area contributed by atoms with Crippen LogP contribution in [0.15, 0.2) is 42.5 Å². The van der Waals surface area contributed by atoms with E-state index in [9.17, 15) is 9.59 Å². The minimum absolute atomic E-state index is 0.0447. The molecule has 154 valence electrons. The summed E-state index contributed by atoms with van der Waals surface area (Å²) in [6.45, 7) is 1.93. The molecule has 1 aliphatic heterocycles. The molecule has 2 aromatic rings. The van der Waals surface area contributed by atoms with Gasteiger partial charge in [-0.15, -0.1) is 0 Å². The number of hydrogen-bond acceptors (Lipinski definition) is 4. The molecule has 2 aromatic carbocycles. The number of likely N-dealkylation sites (N-methyl/N-ethyl adjacent to an activating group) is 2. The van der Waals surface area contributed by atoms with Crippen molar-refractivity contribution in [3.8, 4) is 11.5 Å². The zero-order valence-electron chi connectivity index (χ0n) is 16.5. The monoisotopic (exact) mass is 418 g/mol. The van der Waals surface area contributed by atoms with Gasteiger partial charge in [-0.3, -0.25) is 9.59 Å². The van der Waals surface area contributed by atoms with Crippen LogP contribution in [0.2, 0.25) is 5.02 Å². The van der Waals surface area contributed by atoms with E-state index in [1.54, 1.807) is 36.2 Å². The number of fused-ring (bicyclic) bond motifs is 1. The van der Waals surface area contributed by atoms with Crippen LogP contribution in [-0.2, 0) is 16.1 Å². The fourth-order valence-corrected chi connectivity index (χ4v) is 3.14. The number of hydrogen-bond donors (Lipinski definition) is 2. The number of ether oxygens (including phenoxy) is 2. The number of rotatable bonds is 7. The second kappa shape index (κ2) is 9.62. The van der Waals surface area contributed by atoms with Gasteiger partial charge in [0, 0.05) is 24.3 Å². The third-order valence-electron chi connectivity index (χ3n) is 4.50. The molecule has 0 aromatic heterocycles. The first kappa shape index (κ1) is 21.0. The summed E-state index contributed by atoms with van der Waals surface area (Å²) in [5.41, 5.74) is 1.64. The van der Waals surface area contributed by atoms with Crippen LogP contribution in [0.4, 0.5) is 5.69 Å². The Morgan fingerprint density at radius 2 is 1.76 bits per heavy atom. The summed E-state index contributed by atoms with van der Waals surface area (Å²) < 4.78 is 11.1. The largest absolute Gasteiger partial charge is 0.486 e.